The number of hydrogen-bond acceptors (Lipinski definition) is 6. The Balaban J connectivity index is 4.33. The summed E-state index contributed by atoms with van der Waals surface area (Å²) in [6, 6.07) is 0. The Kier molecular flexibility index (Phi) is 54.7. The predicted molar refractivity (Wildman–Crippen MR) is 289 cm³/mol. The van der Waals surface area contributed by atoms with Gasteiger partial charge in [-0.3, -0.25) is 14.4 Å². The molecule has 0 fully saturated rings. The van der Waals surface area contributed by atoms with E-state index in [1.54, 1.807) is 0 Å². The third-order valence-corrected chi connectivity index (χ3v) is 13.5. The molecule has 6 nitrogen and oxygen atoms in total. The maximum Gasteiger partial charge on any atom is 0.306 e. The summed E-state index contributed by atoms with van der Waals surface area (Å²) >= 11 is 0. The van der Waals surface area contributed by atoms with E-state index in [9.17, 15) is 14.4 Å². The van der Waals surface area contributed by atoms with Crippen LogP contribution in [0.3, 0.4) is 0 Å². The topological polar surface area (TPSA) is 78.9 Å². The fourth-order valence-corrected chi connectivity index (χ4v) is 8.95. The predicted octanol–water partition coefficient (Wildman–Crippen LogP) is 19.9. The molecule has 0 saturated heterocycles. The van der Waals surface area contributed by atoms with Gasteiger partial charge >= 0.3 is 17.9 Å². The van der Waals surface area contributed by atoms with Gasteiger partial charge in [-0.05, 0) is 51.4 Å². The van der Waals surface area contributed by atoms with Crippen LogP contribution in [0, 0.1) is 0 Å². The van der Waals surface area contributed by atoms with Crippen LogP contribution in [-0.4, -0.2) is 37.2 Å². The van der Waals surface area contributed by atoms with E-state index in [4.69, 9.17) is 14.2 Å². The summed E-state index contributed by atoms with van der Waals surface area (Å²) in [5, 5.41) is 0. The Hall–Kier alpha value is -2.11. The monoisotopic (exact) mass is 943 g/mol. The summed E-state index contributed by atoms with van der Waals surface area (Å²) in [6.45, 7) is 6.66. The molecule has 0 amide bonds. The van der Waals surface area contributed by atoms with Crippen molar-refractivity contribution in [2.45, 2.75) is 335 Å². The van der Waals surface area contributed by atoms with Crippen LogP contribution in [0.2, 0.25) is 0 Å². The van der Waals surface area contributed by atoms with E-state index in [1.807, 2.05) is 0 Å². The van der Waals surface area contributed by atoms with Gasteiger partial charge in [0.1, 0.15) is 13.2 Å². The minimum Gasteiger partial charge on any atom is -0.462 e. The highest BCUT2D eigenvalue weighted by atomic mass is 16.6. The van der Waals surface area contributed by atoms with Crippen LogP contribution in [0.1, 0.15) is 329 Å². The van der Waals surface area contributed by atoms with Crippen LogP contribution < -0.4 is 0 Å². The number of carbonyl (C=O) groups excluding carboxylic acids is 3. The molecule has 0 radical (unpaired) electrons. The molecule has 0 heterocycles. The van der Waals surface area contributed by atoms with E-state index in [0.717, 1.165) is 77.0 Å². The summed E-state index contributed by atoms with van der Waals surface area (Å²) in [5.41, 5.74) is 0. The molecule has 1 atom stereocenters. The first kappa shape index (κ1) is 64.9. The molecule has 0 spiro atoms. The summed E-state index contributed by atoms with van der Waals surface area (Å²) in [5.74, 6) is -0.860. The summed E-state index contributed by atoms with van der Waals surface area (Å²) < 4.78 is 16.9. The molecule has 0 aromatic carbocycles. The lowest BCUT2D eigenvalue weighted by Gasteiger charge is -2.18. The Morgan fingerprint density at radius 3 is 0.851 bits per heavy atom. The van der Waals surface area contributed by atoms with Gasteiger partial charge in [-0.25, -0.2) is 0 Å². The van der Waals surface area contributed by atoms with Gasteiger partial charge in [-0.15, -0.1) is 0 Å². The molecular formula is C61H114O6. The summed E-state index contributed by atoms with van der Waals surface area (Å²) in [4.78, 5) is 38.2. The van der Waals surface area contributed by atoms with E-state index in [0.29, 0.717) is 19.3 Å². The average molecular weight is 944 g/mol. The first-order valence-electron chi connectivity index (χ1n) is 29.8. The van der Waals surface area contributed by atoms with E-state index >= 15 is 0 Å². The second-order valence-electron chi connectivity index (χ2n) is 20.3. The molecule has 0 N–H and O–H groups in total. The second kappa shape index (κ2) is 56.5. The van der Waals surface area contributed by atoms with Crippen molar-refractivity contribution in [1.82, 2.24) is 0 Å². The van der Waals surface area contributed by atoms with Crippen LogP contribution in [-0.2, 0) is 28.6 Å². The fraction of sp³-hybridized carbons (Fsp3) is 0.885. The van der Waals surface area contributed by atoms with Crippen LogP contribution in [0.25, 0.3) is 0 Å². The fourth-order valence-electron chi connectivity index (χ4n) is 8.95. The number of esters is 3. The zero-order valence-electron chi connectivity index (χ0n) is 45.2. The van der Waals surface area contributed by atoms with Crippen LogP contribution in [0.5, 0.6) is 0 Å². The molecule has 394 valence electrons. The van der Waals surface area contributed by atoms with Gasteiger partial charge in [0.05, 0.1) is 0 Å². The normalized spacial score (nSPS) is 12.1. The van der Waals surface area contributed by atoms with Crippen molar-refractivity contribution >= 4 is 17.9 Å². The third-order valence-electron chi connectivity index (χ3n) is 13.5. The quantitative estimate of drug-likeness (QED) is 0.0262. The van der Waals surface area contributed by atoms with Gasteiger partial charge in [-0.2, -0.15) is 0 Å². The zero-order valence-corrected chi connectivity index (χ0v) is 45.2. The highest BCUT2D eigenvalue weighted by Gasteiger charge is 2.19. The van der Waals surface area contributed by atoms with E-state index < -0.39 is 6.10 Å². The smallest absolute Gasteiger partial charge is 0.306 e. The number of rotatable bonds is 55. The Morgan fingerprint density at radius 2 is 0.537 bits per heavy atom. The lowest BCUT2D eigenvalue weighted by atomic mass is 10.0. The van der Waals surface area contributed by atoms with Gasteiger partial charge in [0, 0.05) is 19.3 Å². The lowest BCUT2D eigenvalue weighted by Crippen LogP contribution is -2.30. The first-order valence-corrected chi connectivity index (χ1v) is 29.8. The highest BCUT2D eigenvalue weighted by Crippen LogP contribution is 2.17. The lowest BCUT2D eigenvalue weighted by molar-refractivity contribution is -0.167. The molecule has 0 aliphatic heterocycles. The van der Waals surface area contributed by atoms with Crippen molar-refractivity contribution < 1.29 is 28.6 Å². The third kappa shape index (κ3) is 54.7. The highest BCUT2D eigenvalue weighted by molar-refractivity contribution is 5.71. The van der Waals surface area contributed by atoms with Crippen molar-refractivity contribution in [2.24, 2.45) is 0 Å². The van der Waals surface area contributed by atoms with Crippen LogP contribution in [0.15, 0.2) is 24.3 Å². The molecule has 0 aromatic heterocycles. The second-order valence-corrected chi connectivity index (χ2v) is 20.3. The molecule has 0 aliphatic rings. The zero-order chi connectivity index (χ0) is 48.6. The van der Waals surface area contributed by atoms with Crippen molar-refractivity contribution in [3.05, 3.63) is 24.3 Å². The summed E-state index contributed by atoms with van der Waals surface area (Å²) in [6.07, 6.45) is 65.9. The maximum atomic E-state index is 12.9. The minimum atomic E-state index is -0.772. The van der Waals surface area contributed by atoms with Gasteiger partial charge in [0.2, 0.25) is 0 Å². The van der Waals surface area contributed by atoms with Crippen LogP contribution >= 0.6 is 0 Å². The largest absolute Gasteiger partial charge is 0.462 e. The number of unbranched alkanes of at least 4 members (excludes halogenated alkanes) is 40. The van der Waals surface area contributed by atoms with E-state index in [2.05, 4.69) is 45.1 Å². The Bertz CT molecular complexity index is 1080. The van der Waals surface area contributed by atoms with E-state index in [1.165, 1.54) is 212 Å². The first-order chi connectivity index (χ1) is 33.0. The van der Waals surface area contributed by atoms with Gasteiger partial charge < -0.3 is 14.2 Å². The van der Waals surface area contributed by atoms with Gasteiger partial charge in [0.15, 0.2) is 6.10 Å². The molecule has 0 bridgehead atoms. The molecule has 1 unspecified atom stereocenters. The number of hydrogen-bond donors (Lipinski definition) is 0. The van der Waals surface area contributed by atoms with Crippen molar-refractivity contribution in [3.63, 3.8) is 0 Å². The van der Waals surface area contributed by atoms with Crippen LogP contribution in [0.4, 0.5) is 0 Å². The SMILES string of the molecule is CCCCCC=CCC=CCCCCCCCC(=O)OCC(COC(=O)CCCCCCCCCCCCCCCCCCC)OC(=O)CCCCCCCCCCCCCCCCCCC. The molecule has 0 aromatic rings. The van der Waals surface area contributed by atoms with Crippen molar-refractivity contribution in [1.29, 1.82) is 0 Å². The Morgan fingerprint density at radius 1 is 0.299 bits per heavy atom. The minimum absolute atomic E-state index is 0.0699. The maximum absolute atomic E-state index is 12.9. The molecule has 67 heavy (non-hydrogen) atoms. The number of ether oxygens (including phenoxy) is 3. The average Bonchev–Trinajstić information content (AvgIpc) is 3.33. The molecular weight excluding hydrogens is 829 g/mol. The summed E-state index contributed by atoms with van der Waals surface area (Å²) in [7, 11) is 0. The van der Waals surface area contributed by atoms with Crippen molar-refractivity contribution in [3.8, 4) is 0 Å². The Labute approximate surface area is 417 Å². The van der Waals surface area contributed by atoms with Gasteiger partial charge in [0.25, 0.3) is 0 Å². The number of carbonyl (C=O) groups is 3. The molecule has 0 aliphatic carbocycles. The van der Waals surface area contributed by atoms with E-state index in [-0.39, 0.29) is 31.1 Å². The number of allylic oxidation sites excluding steroid dienone is 4. The van der Waals surface area contributed by atoms with Crippen molar-refractivity contribution in [2.75, 3.05) is 13.2 Å². The van der Waals surface area contributed by atoms with Gasteiger partial charge in [-0.1, -0.05) is 283 Å². The molecule has 0 rings (SSSR count). The molecule has 6 heteroatoms. The standard InChI is InChI=1S/C61H114O6/c1-4-7-10-13-16-19-22-25-28-30-33-36-39-42-45-48-51-54-60(63)66-57-58(56-65-59(62)53-50-47-44-41-38-35-32-27-24-21-18-15-12-9-6-3)67-61(64)55-52-49-46-43-40-37-34-31-29-26-23-20-17-14-11-8-5-2/h18,21,27,32,58H,4-17,19-20,22-26,28-31,33-57H2,1-3H3. The molecule has 0 saturated carbocycles.